The molecular weight excluding hydrogens is 248 g/mol. The van der Waals surface area contributed by atoms with Crippen LogP contribution < -0.4 is 4.74 Å². The van der Waals surface area contributed by atoms with Gasteiger partial charge in [-0.2, -0.15) is 0 Å². The second-order valence-electron chi connectivity index (χ2n) is 3.85. The van der Waals surface area contributed by atoms with Gasteiger partial charge in [-0.25, -0.2) is 4.98 Å². The molecule has 0 fully saturated rings. The third kappa shape index (κ3) is 2.74. The zero-order chi connectivity index (χ0) is 13.8. The number of hydrogen-bond acceptors (Lipinski definition) is 5. The predicted molar refractivity (Wildman–Crippen MR) is 67.5 cm³/mol. The minimum atomic E-state index is -0.536. The normalized spacial score (nSPS) is 9.95. The lowest BCUT2D eigenvalue weighted by atomic mass is 10.2. The molecule has 0 atom stereocenters. The van der Waals surface area contributed by atoms with E-state index >= 15 is 0 Å². The lowest BCUT2D eigenvalue weighted by Crippen LogP contribution is -1.97. The van der Waals surface area contributed by atoms with Gasteiger partial charge in [-0.3, -0.25) is 14.9 Å². The number of nitro groups is 1. The van der Waals surface area contributed by atoms with Crippen molar-refractivity contribution in [2.45, 2.75) is 6.92 Å². The number of ether oxygens (including phenoxy) is 1. The quantitative estimate of drug-likeness (QED) is 0.478. The molecule has 0 saturated carbocycles. The van der Waals surface area contributed by atoms with Crippen molar-refractivity contribution in [1.29, 1.82) is 0 Å². The number of rotatable bonds is 4. The van der Waals surface area contributed by atoms with Crippen LogP contribution in [-0.4, -0.2) is 16.2 Å². The molecule has 0 aliphatic rings. The van der Waals surface area contributed by atoms with Crippen molar-refractivity contribution in [3.05, 3.63) is 57.8 Å². The summed E-state index contributed by atoms with van der Waals surface area (Å²) in [6.07, 6.45) is 2.03. The lowest BCUT2D eigenvalue weighted by molar-refractivity contribution is -0.385. The van der Waals surface area contributed by atoms with E-state index in [0.717, 1.165) is 5.56 Å². The van der Waals surface area contributed by atoms with Crippen LogP contribution in [0.5, 0.6) is 11.6 Å². The van der Waals surface area contributed by atoms with Gasteiger partial charge in [0.25, 0.3) is 0 Å². The van der Waals surface area contributed by atoms with Gasteiger partial charge < -0.3 is 4.74 Å². The van der Waals surface area contributed by atoms with E-state index in [-0.39, 0.29) is 22.9 Å². The summed E-state index contributed by atoms with van der Waals surface area (Å²) in [4.78, 5) is 25.1. The molecule has 0 unspecified atom stereocenters. The van der Waals surface area contributed by atoms with Crippen molar-refractivity contribution in [2.75, 3.05) is 0 Å². The molecule has 0 N–H and O–H groups in total. The maximum absolute atomic E-state index is 11.0. The number of carbonyl (C=O) groups excluding carboxylic acids is 1. The third-order valence-electron chi connectivity index (χ3n) is 2.45. The van der Waals surface area contributed by atoms with E-state index in [2.05, 4.69) is 4.98 Å². The first kappa shape index (κ1) is 12.7. The Morgan fingerprint density at radius 3 is 2.84 bits per heavy atom. The third-order valence-corrected chi connectivity index (χ3v) is 2.45. The van der Waals surface area contributed by atoms with Crippen LogP contribution in [0.3, 0.4) is 0 Å². The van der Waals surface area contributed by atoms with Crippen LogP contribution in [0.4, 0.5) is 5.69 Å². The SMILES string of the molecule is Cc1ccc(Oc2ncccc2C=O)c([N+](=O)[O-])c1. The summed E-state index contributed by atoms with van der Waals surface area (Å²) in [5, 5.41) is 11.0. The Bertz CT molecular complexity index is 640. The van der Waals surface area contributed by atoms with E-state index in [4.69, 9.17) is 4.74 Å². The fourth-order valence-corrected chi connectivity index (χ4v) is 1.54. The number of aromatic nitrogens is 1. The highest BCUT2D eigenvalue weighted by Crippen LogP contribution is 2.32. The second kappa shape index (κ2) is 5.26. The van der Waals surface area contributed by atoms with Crippen LogP contribution >= 0.6 is 0 Å². The van der Waals surface area contributed by atoms with Crippen molar-refractivity contribution < 1.29 is 14.5 Å². The molecule has 0 amide bonds. The molecule has 1 heterocycles. The van der Waals surface area contributed by atoms with E-state index in [1.807, 2.05) is 0 Å². The number of carbonyl (C=O) groups is 1. The molecule has 0 radical (unpaired) electrons. The average Bonchev–Trinajstić information content (AvgIpc) is 2.41. The van der Waals surface area contributed by atoms with E-state index in [1.165, 1.54) is 24.4 Å². The maximum atomic E-state index is 11.0. The Labute approximate surface area is 108 Å². The summed E-state index contributed by atoms with van der Waals surface area (Å²) in [5.74, 6) is 0.0989. The van der Waals surface area contributed by atoms with Gasteiger partial charge in [0.05, 0.1) is 10.5 Å². The molecule has 1 aromatic heterocycles. The highest BCUT2D eigenvalue weighted by atomic mass is 16.6. The Balaban J connectivity index is 2.43. The monoisotopic (exact) mass is 258 g/mol. The van der Waals surface area contributed by atoms with Crippen LogP contribution in [-0.2, 0) is 0 Å². The molecular formula is C13H10N2O4. The van der Waals surface area contributed by atoms with Crippen molar-refractivity contribution >= 4 is 12.0 Å². The van der Waals surface area contributed by atoms with E-state index in [0.29, 0.717) is 6.29 Å². The minimum Gasteiger partial charge on any atom is -0.431 e. The molecule has 6 heteroatoms. The van der Waals surface area contributed by atoms with Gasteiger partial charge in [-0.1, -0.05) is 6.07 Å². The van der Waals surface area contributed by atoms with E-state index < -0.39 is 4.92 Å². The number of aryl methyl sites for hydroxylation is 1. The topological polar surface area (TPSA) is 82.3 Å². The van der Waals surface area contributed by atoms with Gasteiger partial charge in [0.15, 0.2) is 6.29 Å². The molecule has 0 aliphatic carbocycles. The van der Waals surface area contributed by atoms with Crippen molar-refractivity contribution in [2.24, 2.45) is 0 Å². The van der Waals surface area contributed by atoms with Crippen LogP contribution in [0.2, 0.25) is 0 Å². The van der Waals surface area contributed by atoms with Crippen molar-refractivity contribution in [3.8, 4) is 11.6 Å². The van der Waals surface area contributed by atoms with Gasteiger partial charge in [-0.05, 0) is 30.7 Å². The van der Waals surface area contributed by atoms with Gasteiger partial charge >= 0.3 is 5.69 Å². The summed E-state index contributed by atoms with van der Waals surface area (Å²) >= 11 is 0. The first-order chi connectivity index (χ1) is 9.11. The molecule has 6 nitrogen and oxygen atoms in total. The number of hydrogen-bond donors (Lipinski definition) is 0. The molecule has 1 aromatic carbocycles. The fraction of sp³-hybridized carbons (Fsp3) is 0.0769. The van der Waals surface area contributed by atoms with Crippen LogP contribution in [0, 0.1) is 17.0 Å². The second-order valence-corrected chi connectivity index (χ2v) is 3.85. The highest BCUT2D eigenvalue weighted by Gasteiger charge is 2.17. The van der Waals surface area contributed by atoms with Gasteiger partial charge in [0.2, 0.25) is 11.6 Å². The Morgan fingerprint density at radius 1 is 1.37 bits per heavy atom. The predicted octanol–water partition coefficient (Wildman–Crippen LogP) is 2.90. The number of aldehydes is 1. The maximum Gasteiger partial charge on any atom is 0.311 e. The fourth-order valence-electron chi connectivity index (χ4n) is 1.54. The van der Waals surface area contributed by atoms with Gasteiger partial charge in [0, 0.05) is 12.3 Å². The Kier molecular flexibility index (Phi) is 3.51. The summed E-state index contributed by atoms with van der Waals surface area (Å²) in [7, 11) is 0. The standard InChI is InChI=1S/C13H10N2O4/c1-9-4-5-12(11(7-9)15(17)18)19-13-10(8-16)3-2-6-14-13/h2-8H,1H3. The first-order valence-electron chi connectivity index (χ1n) is 5.45. The molecule has 0 saturated heterocycles. The number of nitro benzene ring substituents is 1. The molecule has 19 heavy (non-hydrogen) atoms. The average molecular weight is 258 g/mol. The molecule has 2 rings (SSSR count). The van der Waals surface area contributed by atoms with Crippen molar-refractivity contribution in [3.63, 3.8) is 0 Å². The summed E-state index contributed by atoms with van der Waals surface area (Å²) in [6, 6.07) is 7.68. The van der Waals surface area contributed by atoms with Crippen LogP contribution in [0.1, 0.15) is 15.9 Å². The zero-order valence-electron chi connectivity index (χ0n) is 10.1. The van der Waals surface area contributed by atoms with Crippen molar-refractivity contribution in [1.82, 2.24) is 4.98 Å². The summed E-state index contributed by atoms with van der Waals surface area (Å²) in [5.41, 5.74) is 0.815. The molecule has 0 aliphatic heterocycles. The lowest BCUT2D eigenvalue weighted by Gasteiger charge is -2.07. The Hall–Kier alpha value is -2.76. The smallest absolute Gasteiger partial charge is 0.311 e. The van der Waals surface area contributed by atoms with Crippen LogP contribution in [0.15, 0.2) is 36.5 Å². The van der Waals surface area contributed by atoms with E-state index in [9.17, 15) is 14.9 Å². The Morgan fingerprint density at radius 2 is 2.16 bits per heavy atom. The van der Waals surface area contributed by atoms with E-state index in [1.54, 1.807) is 19.1 Å². The summed E-state index contributed by atoms with van der Waals surface area (Å²) in [6.45, 7) is 1.74. The molecule has 0 spiro atoms. The molecule has 0 bridgehead atoms. The minimum absolute atomic E-state index is 0.0458. The zero-order valence-corrected chi connectivity index (χ0v) is 10.1. The molecule has 96 valence electrons. The largest absolute Gasteiger partial charge is 0.431 e. The van der Waals surface area contributed by atoms with Crippen LogP contribution in [0.25, 0.3) is 0 Å². The summed E-state index contributed by atoms with van der Waals surface area (Å²) < 4.78 is 5.36. The number of pyridine rings is 1. The number of nitrogens with zero attached hydrogens (tertiary/aromatic N) is 2. The first-order valence-corrected chi connectivity index (χ1v) is 5.45. The highest BCUT2D eigenvalue weighted by molar-refractivity contribution is 5.78. The number of benzene rings is 1. The van der Waals surface area contributed by atoms with Gasteiger partial charge in [-0.15, -0.1) is 0 Å². The van der Waals surface area contributed by atoms with Gasteiger partial charge in [0.1, 0.15) is 0 Å². The molecule has 2 aromatic rings.